The van der Waals surface area contributed by atoms with Gasteiger partial charge in [-0.2, -0.15) is 26.3 Å². The van der Waals surface area contributed by atoms with E-state index < -0.39 is 35.1 Å². The minimum atomic E-state index is -4.90. The van der Waals surface area contributed by atoms with E-state index in [0.29, 0.717) is 36.5 Å². The summed E-state index contributed by atoms with van der Waals surface area (Å²) in [6.45, 7) is 2.25. The molecule has 0 aromatic heterocycles. The maximum Gasteiger partial charge on any atom is 0.418 e. The van der Waals surface area contributed by atoms with Gasteiger partial charge in [-0.25, -0.2) is 0 Å². The van der Waals surface area contributed by atoms with Gasteiger partial charge in [0.1, 0.15) is 0 Å². The van der Waals surface area contributed by atoms with Crippen molar-refractivity contribution in [2.45, 2.75) is 83.5 Å². The molecule has 3 fully saturated rings. The Morgan fingerprint density at radius 2 is 1.73 bits per heavy atom. The second kappa shape index (κ2) is 8.87. The molecule has 202 valence electrons. The fourth-order valence-electron chi connectivity index (χ4n) is 8.25. The van der Waals surface area contributed by atoms with Crippen molar-refractivity contribution in [3.05, 3.63) is 41.0 Å². The molecule has 1 aromatic carbocycles. The van der Waals surface area contributed by atoms with Gasteiger partial charge < -0.3 is 5.32 Å². The number of amides is 1. The highest BCUT2D eigenvalue weighted by Gasteiger charge is 2.58. The zero-order valence-corrected chi connectivity index (χ0v) is 20.7. The van der Waals surface area contributed by atoms with Gasteiger partial charge in [-0.15, -0.1) is 0 Å². The van der Waals surface area contributed by atoms with Gasteiger partial charge in [-0.05, 0) is 97.8 Å². The van der Waals surface area contributed by atoms with Crippen LogP contribution in [0.3, 0.4) is 0 Å². The Hall–Kier alpha value is -2.32. The Labute approximate surface area is 212 Å². The number of carbonyl (C=O) groups excluding carboxylic acids is 2. The van der Waals surface area contributed by atoms with Gasteiger partial charge in [0.2, 0.25) is 5.91 Å². The summed E-state index contributed by atoms with van der Waals surface area (Å²) in [6.07, 6.45) is -0.435. The van der Waals surface area contributed by atoms with Crippen molar-refractivity contribution in [1.29, 1.82) is 0 Å². The van der Waals surface area contributed by atoms with Gasteiger partial charge in [-0.3, -0.25) is 9.59 Å². The first kappa shape index (κ1) is 26.3. The summed E-state index contributed by atoms with van der Waals surface area (Å²) < 4.78 is 80.1. The van der Waals surface area contributed by atoms with Crippen molar-refractivity contribution in [2.24, 2.45) is 28.6 Å². The molecule has 5 rings (SSSR count). The quantitative estimate of drug-likeness (QED) is 0.406. The molecule has 0 saturated heterocycles. The smallest absolute Gasteiger partial charge is 0.325 e. The molecule has 5 atom stereocenters. The molecule has 37 heavy (non-hydrogen) atoms. The van der Waals surface area contributed by atoms with Gasteiger partial charge in [0, 0.05) is 12.8 Å². The van der Waals surface area contributed by atoms with Crippen LogP contribution >= 0.6 is 0 Å². The Bertz CT molecular complexity index is 1140. The maximum absolute atomic E-state index is 13.5. The van der Waals surface area contributed by atoms with Crippen molar-refractivity contribution >= 4 is 17.4 Å². The molecule has 0 spiro atoms. The summed E-state index contributed by atoms with van der Waals surface area (Å²) in [7, 11) is 0. The number of nitrogens with one attached hydrogen (secondary N) is 1. The van der Waals surface area contributed by atoms with Crippen LogP contribution in [0.2, 0.25) is 0 Å². The van der Waals surface area contributed by atoms with Crippen molar-refractivity contribution in [3.8, 4) is 0 Å². The molecule has 0 aliphatic heterocycles. The van der Waals surface area contributed by atoms with E-state index in [0.717, 1.165) is 51.4 Å². The molecule has 1 aromatic rings. The van der Waals surface area contributed by atoms with Crippen LogP contribution in [0.25, 0.3) is 0 Å². The first-order valence-electron chi connectivity index (χ1n) is 13.1. The fraction of sp³-hybridized carbons (Fsp3) is 0.643. The number of alkyl halides is 6. The van der Waals surface area contributed by atoms with Crippen LogP contribution in [0.1, 0.15) is 82.3 Å². The number of hydrogen-bond acceptors (Lipinski definition) is 2. The predicted octanol–water partition coefficient (Wildman–Crippen LogP) is 7.95. The van der Waals surface area contributed by atoms with Crippen LogP contribution < -0.4 is 5.32 Å². The zero-order chi connectivity index (χ0) is 26.8. The zero-order valence-electron chi connectivity index (χ0n) is 20.7. The number of benzene rings is 1. The molecule has 0 unspecified atom stereocenters. The lowest BCUT2D eigenvalue weighted by Crippen LogP contribution is -2.50. The highest BCUT2D eigenvalue weighted by atomic mass is 19.4. The Morgan fingerprint density at radius 1 is 0.973 bits per heavy atom. The van der Waals surface area contributed by atoms with E-state index in [1.807, 2.05) is 6.08 Å². The van der Waals surface area contributed by atoms with Gasteiger partial charge in [0.15, 0.2) is 5.78 Å². The molecular weight excluding hydrogens is 496 g/mol. The monoisotopic (exact) mass is 527 g/mol. The molecular formula is C28H31F6NO2. The van der Waals surface area contributed by atoms with E-state index in [4.69, 9.17) is 0 Å². The highest BCUT2D eigenvalue weighted by Crippen LogP contribution is 2.66. The predicted molar refractivity (Wildman–Crippen MR) is 125 cm³/mol. The van der Waals surface area contributed by atoms with E-state index >= 15 is 0 Å². The van der Waals surface area contributed by atoms with Crippen LogP contribution in [0.5, 0.6) is 0 Å². The number of carbonyl (C=O) groups is 2. The van der Waals surface area contributed by atoms with Crippen molar-refractivity contribution in [2.75, 3.05) is 5.32 Å². The molecule has 4 aliphatic carbocycles. The number of fused-ring (bicyclic) bond motifs is 5. The van der Waals surface area contributed by atoms with E-state index in [9.17, 15) is 35.9 Å². The molecule has 3 nitrogen and oxygen atoms in total. The van der Waals surface area contributed by atoms with Crippen LogP contribution in [0, 0.1) is 28.6 Å². The van der Waals surface area contributed by atoms with Crippen LogP contribution in [-0.4, -0.2) is 11.7 Å². The highest BCUT2D eigenvalue weighted by molar-refractivity contribution is 5.92. The number of hydrogen-bond donors (Lipinski definition) is 1. The van der Waals surface area contributed by atoms with Crippen LogP contribution in [-0.2, 0) is 21.9 Å². The van der Waals surface area contributed by atoms with Gasteiger partial charge in [0.05, 0.1) is 16.8 Å². The van der Waals surface area contributed by atoms with E-state index in [2.05, 4.69) is 12.2 Å². The van der Waals surface area contributed by atoms with Crippen molar-refractivity contribution < 1.29 is 35.9 Å². The SMILES string of the molecule is C[C@]12CCC(=O)C=C1CC[C@H]1[C@@H]3CCC[C@@]3(CC(=O)Nc3cc(C(F)(F)F)ccc3C(F)(F)F)CC[C@@H]12. The second-order valence-corrected chi connectivity index (χ2v) is 11.7. The number of rotatable bonds is 3. The molecule has 0 heterocycles. The minimum Gasteiger partial charge on any atom is -0.325 e. The lowest BCUT2D eigenvalue weighted by atomic mass is 9.47. The lowest BCUT2D eigenvalue weighted by molar-refractivity contribution is -0.141. The molecule has 0 bridgehead atoms. The van der Waals surface area contributed by atoms with E-state index in [-0.39, 0.29) is 29.0 Å². The molecule has 1 amide bonds. The summed E-state index contributed by atoms with van der Waals surface area (Å²) in [4.78, 5) is 25.2. The Balaban J connectivity index is 1.38. The number of allylic oxidation sites excluding steroid dienone is 1. The molecule has 4 aliphatic rings. The third-order valence-corrected chi connectivity index (χ3v) is 9.93. The normalized spacial score (nSPS) is 33.8. The van der Waals surface area contributed by atoms with Crippen LogP contribution in [0.15, 0.2) is 29.8 Å². The number of ketones is 1. The lowest BCUT2D eigenvalue weighted by Gasteiger charge is -2.58. The minimum absolute atomic E-state index is 0.00628. The molecule has 0 radical (unpaired) electrons. The number of anilines is 1. The maximum atomic E-state index is 13.5. The van der Waals surface area contributed by atoms with Crippen LogP contribution in [0.4, 0.5) is 32.0 Å². The second-order valence-electron chi connectivity index (χ2n) is 11.7. The average molecular weight is 528 g/mol. The number of halogens is 6. The van der Waals surface area contributed by atoms with E-state index in [1.165, 1.54) is 5.57 Å². The summed E-state index contributed by atoms with van der Waals surface area (Å²) in [5.74, 6) is 0.540. The van der Waals surface area contributed by atoms with Gasteiger partial charge >= 0.3 is 12.4 Å². The largest absolute Gasteiger partial charge is 0.418 e. The molecule has 9 heteroatoms. The van der Waals surface area contributed by atoms with E-state index in [1.54, 1.807) is 0 Å². The Morgan fingerprint density at radius 3 is 2.43 bits per heavy atom. The third kappa shape index (κ3) is 4.60. The Kier molecular flexibility index (Phi) is 6.30. The average Bonchev–Trinajstić information content (AvgIpc) is 3.21. The third-order valence-electron chi connectivity index (χ3n) is 9.93. The molecule has 3 saturated carbocycles. The van der Waals surface area contributed by atoms with Crippen molar-refractivity contribution in [3.63, 3.8) is 0 Å². The van der Waals surface area contributed by atoms with Gasteiger partial charge in [0.25, 0.3) is 0 Å². The fourth-order valence-corrected chi connectivity index (χ4v) is 8.25. The van der Waals surface area contributed by atoms with Gasteiger partial charge in [-0.1, -0.05) is 18.9 Å². The topological polar surface area (TPSA) is 46.2 Å². The summed E-state index contributed by atoms with van der Waals surface area (Å²) >= 11 is 0. The molecule has 1 N–H and O–H groups in total. The first-order valence-corrected chi connectivity index (χ1v) is 13.1. The summed E-state index contributed by atoms with van der Waals surface area (Å²) in [5.41, 5.74) is -2.53. The standard InChI is InChI=1S/C28H31F6NO2/c1-25-11-8-18(36)13-16(25)4-6-19-20(25)9-12-26(10-2-3-21(19)26)15-24(37)35-23-14-17(27(29,30)31)5-7-22(23)28(32,33)34/h5,7,13-14,19-21H,2-4,6,8-12,15H2,1H3,(H,35,37)/t19-,20+,21+,25+,26+/m1/s1. The first-order chi connectivity index (χ1) is 17.2. The summed E-state index contributed by atoms with van der Waals surface area (Å²) in [6, 6.07) is 1.14. The van der Waals surface area contributed by atoms with Crippen molar-refractivity contribution in [1.82, 2.24) is 0 Å². The summed E-state index contributed by atoms with van der Waals surface area (Å²) in [5, 5.41) is 2.21.